The molecular weight excluding hydrogens is 174 g/mol. The number of hydrogen-bond donors (Lipinski definition) is 0. The average Bonchev–Trinajstić information content (AvgIpc) is 2.45. The fourth-order valence-corrected chi connectivity index (χ4v) is 1.35. The molecule has 0 bridgehead atoms. The van der Waals surface area contributed by atoms with E-state index in [0.29, 0.717) is 0 Å². The molecule has 2 aromatic rings. The molecule has 0 amide bonds. The van der Waals surface area contributed by atoms with Crippen LogP contribution in [-0.2, 0) is 5.41 Å². The van der Waals surface area contributed by atoms with Crippen molar-refractivity contribution in [1.29, 1.82) is 0 Å². The van der Waals surface area contributed by atoms with Crippen molar-refractivity contribution in [3.8, 4) is 0 Å². The highest BCUT2D eigenvalue weighted by atomic mass is 16.3. The normalized spacial score (nSPS) is 12.3. The van der Waals surface area contributed by atoms with Crippen LogP contribution in [0.5, 0.6) is 0 Å². The van der Waals surface area contributed by atoms with Gasteiger partial charge in [0.15, 0.2) is 5.58 Å². The summed E-state index contributed by atoms with van der Waals surface area (Å²) in [6.45, 7) is 8.36. The summed E-state index contributed by atoms with van der Waals surface area (Å²) in [4.78, 5) is 4.46. The Hall–Kier alpha value is -1.31. The molecule has 0 aliphatic rings. The molecule has 0 aliphatic carbocycles. The standard InChI is InChI=1S/C12H15NO/c1-8-5-6-9-10(7-8)14-11(13-9)12(2,3)4/h5-7H,1-4H3. The van der Waals surface area contributed by atoms with Gasteiger partial charge in [-0.05, 0) is 24.6 Å². The van der Waals surface area contributed by atoms with E-state index in [1.165, 1.54) is 5.56 Å². The van der Waals surface area contributed by atoms with Crippen molar-refractivity contribution in [3.63, 3.8) is 0 Å². The van der Waals surface area contributed by atoms with Crippen molar-refractivity contribution in [2.75, 3.05) is 0 Å². The molecule has 0 unspecified atom stereocenters. The Bertz CT molecular complexity index is 463. The van der Waals surface area contributed by atoms with Crippen LogP contribution in [0.15, 0.2) is 22.6 Å². The lowest BCUT2D eigenvalue weighted by atomic mass is 9.97. The summed E-state index contributed by atoms with van der Waals surface area (Å²) in [5.41, 5.74) is 3.01. The quantitative estimate of drug-likeness (QED) is 0.634. The van der Waals surface area contributed by atoms with Crippen molar-refractivity contribution in [1.82, 2.24) is 4.98 Å². The monoisotopic (exact) mass is 189 g/mol. The zero-order chi connectivity index (χ0) is 10.3. The molecule has 0 saturated carbocycles. The molecule has 2 rings (SSSR count). The Labute approximate surface area is 84.0 Å². The Morgan fingerprint density at radius 1 is 1.21 bits per heavy atom. The molecule has 1 heterocycles. The van der Waals surface area contributed by atoms with Gasteiger partial charge in [0, 0.05) is 5.41 Å². The minimum atomic E-state index is -0.0209. The molecule has 1 aromatic heterocycles. The van der Waals surface area contributed by atoms with Gasteiger partial charge in [0.2, 0.25) is 5.89 Å². The summed E-state index contributed by atoms with van der Waals surface area (Å²) in [5, 5.41) is 0. The van der Waals surface area contributed by atoms with E-state index in [-0.39, 0.29) is 5.41 Å². The van der Waals surface area contributed by atoms with Crippen molar-refractivity contribution in [2.45, 2.75) is 33.1 Å². The third-order valence-corrected chi connectivity index (χ3v) is 2.19. The topological polar surface area (TPSA) is 26.0 Å². The van der Waals surface area contributed by atoms with Crippen molar-refractivity contribution >= 4 is 11.1 Å². The predicted molar refractivity (Wildman–Crippen MR) is 57.4 cm³/mol. The van der Waals surface area contributed by atoms with Crippen LogP contribution in [-0.4, -0.2) is 4.98 Å². The summed E-state index contributed by atoms with van der Waals surface area (Å²) in [7, 11) is 0. The summed E-state index contributed by atoms with van der Waals surface area (Å²) < 4.78 is 5.70. The maximum atomic E-state index is 5.70. The second-order valence-corrected chi connectivity index (χ2v) is 4.74. The van der Waals surface area contributed by atoms with E-state index in [4.69, 9.17) is 4.42 Å². The van der Waals surface area contributed by atoms with Crippen LogP contribution < -0.4 is 0 Å². The summed E-state index contributed by atoms with van der Waals surface area (Å²) in [6, 6.07) is 6.08. The van der Waals surface area contributed by atoms with Gasteiger partial charge in [0.1, 0.15) is 5.52 Å². The lowest BCUT2D eigenvalue weighted by Gasteiger charge is -2.11. The molecule has 0 atom stereocenters. The highest BCUT2D eigenvalue weighted by molar-refractivity contribution is 5.73. The van der Waals surface area contributed by atoms with Gasteiger partial charge in [-0.2, -0.15) is 0 Å². The first kappa shape index (κ1) is 9.25. The maximum Gasteiger partial charge on any atom is 0.200 e. The van der Waals surface area contributed by atoms with Crippen molar-refractivity contribution in [3.05, 3.63) is 29.7 Å². The lowest BCUT2D eigenvalue weighted by Crippen LogP contribution is -2.10. The maximum absolute atomic E-state index is 5.70. The number of rotatable bonds is 0. The van der Waals surface area contributed by atoms with Crippen LogP contribution in [0.2, 0.25) is 0 Å². The Balaban J connectivity index is 2.63. The Morgan fingerprint density at radius 2 is 1.93 bits per heavy atom. The summed E-state index contributed by atoms with van der Waals surface area (Å²) in [5.74, 6) is 0.804. The van der Waals surface area contributed by atoms with E-state index in [2.05, 4.69) is 38.7 Å². The van der Waals surface area contributed by atoms with Gasteiger partial charge in [-0.15, -0.1) is 0 Å². The number of fused-ring (bicyclic) bond motifs is 1. The number of aromatic nitrogens is 1. The van der Waals surface area contributed by atoms with Crippen LogP contribution in [0.3, 0.4) is 0 Å². The molecule has 0 aliphatic heterocycles. The molecule has 0 N–H and O–H groups in total. The molecule has 0 fully saturated rings. The van der Waals surface area contributed by atoms with Gasteiger partial charge >= 0.3 is 0 Å². The third kappa shape index (κ3) is 1.52. The van der Waals surface area contributed by atoms with E-state index >= 15 is 0 Å². The van der Waals surface area contributed by atoms with Crippen LogP contribution in [0.25, 0.3) is 11.1 Å². The number of benzene rings is 1. The van der Waals surface area contributed by atoms with Crippen LogP contribution in [0.4, 0.5) is 0 Å². The van der Waals surface area contributed by atoms with Gasteiger partial charge in [-0.25, -0.2) is 4.98 Å². The second-order valence-electron chi connectivity index (χ2n) is 4.74. The molecule has 0 spiro atoms. The van der Waals surface area contributed by atoms with E-state index in [9.17, 15) is 0 Å². The Kier molecular flexibility index (Phi) is 1.88. The zero-order valence-corrected chi connectivity index (χ0v) is 9.09. The van der Waals surface area contributed by atoms with Gasteiger partial charge in [-0.1, -0.05) is 26.8 Å². The van der Waals surface area contributed by atoms with Crippen LogP contribution >= 0.6 is 0 Å². The summed E-state index contributed by atoms with van der Waals surface area (Å²) >= 11 is 0. The smallest absolute Gasteiger partial charge is 0.200 e. The zero-order valence-electron chi connectivity index (χ0n) is 9.09. The molecule has 74 valence electrons. The second kappa shape index (κ2) is 2.84. The van der Waals surface area contributed by atoms with E-state index in [1.807, 2.05) is 12.1 Å². The predicted octanol–water partition coefficient (Wildman–Crippen LogP) is 3.43. The molecule has 14 heavy (non-hydrogen) atoms. The highest BCUT2D eigenvalue weighted by Crippen LogP contribution is 2.25. The average molecular weight is 189 g/mol. The number of hydrogen-bond acceptors (Lipinski definition) is 2. The minimum absolute atomic E-state index is 0.0209. The SMILES string of the molecule is Cc1ccc2nc(C(C)(C)C)oc2c1. The first-order chi connectivity index (χ1) is 6.47. The summed E-state index contributed by atoms with van der Waals surface area (Å²) in [6.07, 6.45) is 0. The first-order valence-corrected chi connectivity index (χ1v) is 4.84. The first-order valence-electron chi connectivity index (χ1n) is 4.84. The Morgan fingerprint density at radius 3 is 2.57 bits per heavy atom. The van der Waals surface area contributed by atoms with Gasteiger partial charge in [0.25, 0.3) is 0 Å². The molecule has 2 heteroatoms. The van der Waals surface area contributed by atoms with Crippen LogP contribution in [0.1, 0.15) is 32.2 Å². The number of nitrogens with zero attached hydrogens (tertiary/aromatic N) is 1. The van der Waals surface area contributed by atoms with E-state index < -0.39 is 0 Å². The van der Waals surface area contributed by atoms with Crippen molar-refractivity contribution in [2.24, 2.45) is 0 Å². The third-order valence-electron chi connectivity index (χ3n) is 2.19. The van der Waals surface area contributed by atoms with E-state index in [1.54, 1.807) is 0 Å². The molecule has 0 saturated heterocycles. The van der Waals surface area contributed by atoms with Crippen molar-refractivity contribution < 1.29 is 4.42 Å². The van der Waals surface area contributed by atoms with Gasteiger partial charge in [-0.3, -0.25) is 0 Å². The molecule has 0 radical (unpaired) electrons. The van der Waals surface area contributed by atoms with E-state index in [0.717, 1.165) is 17.0 Å². The molecule has 1 aromatic carbocycles. The van der Waals surface area contributed by atoms with Crippen LogP contribution in [0, 0.1) is 6.92 Å². The highest BCUT2D eigenvalue weighted by Gasteiger charge is 2.20. The molecular formula is C12H15NO. The number of aryl methyl sites for hydroxylation is 1. The molecule has 2 nitrogen and oxygen atoms in total. The van der Waals surface area contributed by atoms with Gasteiger partial charge in [0.05, 0.1) is 0 Å². The largest absolute Gasteiger partial charge is 0.440 e. The fraction of sp³-hybridized carbons (Fsp3) is 0.417. The minimum Gasteiger partial charge on any atom is -0.440 e. The number of oxazole rings is 1. The fourth-order valence-electron chi connectivity index (χ4n) is 1.35. The lowest BCUT2D eigenvalue weighted by molar-refractivity contribution is 0.411. The van der Waals surface area contributed by atoms with Gasteiger partial charge < -0.3 is 4.42 Å².